The SMILES string of the molecule is CNC(=O)[C@@H]1C[C@@H]2CN(C(=O)Nc3ccc(C)cc3)CCN2[C@@]12C(=O)Nc1ccccc12. The first-order valence-corrected chi connectivity index (χ1v) is 11.0. The molecule has 5 rings (SSSR count). The van der Waals surface area contributed by atoms with Gasteiger partial charge in [-0.3, -0.25) is 14.5 Å². The number of piperazine rings is 1. The van der Waals surface area contributed by atoms with Gasteiger partial charge in [-0.15, -0.1) is 0 Å². The maximum atomic E-state index is 13.4. The van der Waals surface area contributed by atoms with Crippen molar-refractivity contribution >= 4 is 29.2 Å². The number of amides is 4. The van der Waals surface area contributed by atoms with E-state index in [1.165, 1.54) is 0 Å². The molecule has 0 aliphatic carbocycles. The molecule has 4 amide bonds. The molecule has 2 aromatic carbocycles. The Balaban J connectivity index is 1.43. The van der Waals surface area contributed by atoms with Gasteiger partial charge in [-0.2, -0.15) is 0 Å². The molecule has 0 radical (unpaired) electrons. The van der Waals surface area contributed by atoms with Crippen molar-refractivity contribution in [2.75, 3.05) is 37.3 Å². The lowest BCUT2D eigenvalue weighted by atomic mass is 9.78. The molecule has 3 aliphatic heterocycles. The van der Waals surface area contributed by atoms with Crippen molar-refractivity contribution in [3.05, 3.63) is 59.7 Å². The normalized spacial score (nSPS) is 26.4. The Morgan fingerprint density at radius 1 is 1.09 bits per heavy atom. The van der Waals surface area contributed by atoms with E-state index in [-0.39, 0.29) is 23.9 Å². The highest BCUT2D eigenvalue weighted by atomic mass is 16.2. The summed E-state index contributed by atoms with van der Waals surface area (Å²) in [6.07, 6.45) is 0.510. The number of hydrogen-bond donors (Lipinski definition) is 3. The summed E-state index contributed by atoms with van der Waals surface area (Å²) in [5, 5.41) is 8.70. The van der Waals surface area contributed by atoms with Gasteiger partial charge in [0.1, 0.15) is 5.54 Å². The van der Waals surface area contributed by atoms with E-state index in [4.69, 9.17) is 0 Å². The molecule has 3 N–H and O–H groups in total. The molecule has 1 spiro atoms. The van der Waals surface area contributed by atoms with Crippen molar-refractivity contribution in [1.29, 1.82) is 0 Å². The second-order valence-electron chi connectivity index (χ2n) is 8.76. The first-order chi connectivity index (χ1) is 15.4. The molecule has 8 heteroatoms. The van der Waals surface area contributed by atoms with Gasteiger partial charge in [-0.25, -0.2) is 4.79 Å². The van der Waals surface area contributed by atoms with Gasteiger partial charge in [-0.1, -0.05) is 35.9 Å². The van der Waals surface area contributed by atoms with Crippen LogP contribution in [0.3, 0.4) is 0 Å². The molecule has 2 aromatic rings. The Labute approximate surface area is 187 Å². The van der Waals surface area contributed by atoms with Crippen molar-refractivity contribution in [1.82, 2.24) is 15.1 Å². The number of benzene rings is 2. The van der Waals surface area contributed by atoms with Crippen molar-refractivity contribution in [2.24, 2.45) is 5.92 Å². The van der Waals surface area contributed by atoms with Crippen LogP contribution in [0.4, 0.5) is 16.2 Å². The molecule has 2 saturated heterocycles. The van der Waals surface area contributed by atoms with Gasteiger partial charge in [0.05, 0.1) is 5.92 Å². The van der Waals surface area contributed by atoms with E-state index < -0.39 is 11.5 Å². The number of anilines is 2. The first kappa shape index (κ1) is 20.5. The number of para-hydroxylation sites is 1. The van der Waals surface area contributed by atoms with Gasteiger partial charge >= 0.3 is 6.03 Å². The average Bonchev–Trinajstić information content (AvgIpc) is 3.30. The van der Waals surface area contributed by atoms with Gasteiger partial charge in [0.2, 0.25) is 11.8 Å². The quantitative estimate of drug-likeness (QED) is 0.676. The Morgan fingerprint density at radius 2 is 1.84 bits per heavy atom. The van der Waals surface area contributed by atoms with Crippen LogP contribution >= 0.6 is 0 Å². The zero-order chi connectivity index (χ0) is 22.5. The lowest BCUT2D eigenvalue weighted by Gasteiger charge is -2.44. The van der Waals surface area contributed by atoms with Crippen LogP contribution in [0.1, 0.15) is 17.5 Å². The Hall–Kier alpha value is -3.39. The van der Waals surface area contributed by atoms with Crippen molar-refractivity contribution in [3.8, 4) is 0 Å². The average molecular weight is 434 g/mol. The fourth-order valence-corrected chi connectivity index (χ4v) is 5.55. The fourth-order valence-electron chi connectivity index (χ4n) is 5.55. The summed E-state index contributed by atoms with van der Waals surface area (Å²) < 4.78 is 0. The standard InChI is InChI=1S/C24H27N5O3/c1-15-7-9-16(10-8-15)26-23(32)28-11-12-29-17(14-28)13-19(21(30)25-2)24(29)18-5-3-4-6-20(18)27-22(24)31/h3-10,17,19H,11-14H2,1-2H3,(H,25,30)(H,26,32)(H,27,31)/t17-,19+,24-/m1/s1. The molecule has 166 valence electrons. The summed E-state index contributed by atoms with van der Waals surface area (Å²) in [4.78, 5) is 43.2. The molecule has 0 unspecified atom stereocenters. The third-order valence-electron chi connectivity index (χ3n) is 7.03. The van der Waals surface area contributed by atoms with Crippen LogP contribution in [0.2, 0.25) is 0 Å². The third-order valence-corrected chi connectivity index (χ3v) is 7.03. The molecule has 2 fully saturated rings. The van der Waals surface area contributed by atoms with Crippen LogP contribution in [0.15, 0.2) is 48.5 Å². The van der Waals surface area contributed by atoms with E-state index in [0.29, 0.717) is 26.1 Å². The number of nitrogens with zero attached hydrogens (tertiary/aromatic N) is 2. The predicted molar refractivity (Wildman–Crippen MR) is 121 cm³/mol. The molecule has 0 bridgehead atoms. The van der Waals surface area contributed by atoms with E-state index in [9.17, 15) is 14.4 Å². The number of aryl methyl sites for hydroxylation is 1. The Morgan fingerprint density at radius 3 is 2.59 bits per heavy atom. The van der Waals surface area contributed by atoms with Gasteiger partial charge in [0, 0.05) is 49.7 Å². The first-order valence-electron chi connectivity index (χ1n) is 11.0. The lowest BCUT2D eigenvalue weighted by Crippen LogP contribution is -2.61. The molecule has 0 aromatic heterocycles. The lowest BCUT2D eigenvalue weighted by molar-refractivity contribution is -0.138. The number of carbonyl (C=O) groups excluding carboxylic acids is 3. The molecule has 3 heterocycles. The van der Waals surface area contributed by atoms with Crippen LogP contribution in [0.5, 0.6) is 0 Å². The molecule has 32 heavy (non-hydrogen) atoms. The molecule has 3 aliphatic rings. The number of urea groups is 1. The van der Waals surface area contributed by atoms with Gasteiger partial charge in [0.25, 0.3) is 0 Å². The van der Waals surface area contributed by atoms with Crippen LogP contribution in [0, 0.1) is 12.8 Å². The van der Waals surface area contributed by atoms with Crippen LogP contribution in [-0.4, -0.2) is 60.4 Å². The summed E-state index contributed by atoms with van der Waals surface area (Å²) in [6, 6.07) is 15.0. The van der Waals surface area contributed by atoms with E-state index in [1.807, 2.05) is 55.5 Å². The smallest absolute Gasteiger partial charge is 0.321 e. The summed E-state index contributed by atoms with van der Waals surface area (Å²) in [7, 11) is 1.60. The van der Waals surface area contributed by atoms with E-state index in [0.717, 1.165) is 22.5 Å². The summed E-state index contributed by atoms with van der Waals surface area (Å²) >= 11 is 0. The largest absolute Gasteiger partial charge is 0.359 e. The van der Waals surface area contributed by atoms with Crippen molar-refractivity contribution in [3.63, 3.8) is 0 Å². The summed E-state index contributed by atoms with van der Waals surface area (Å²) in [5.41, 5.74) is 2.44. The summed E-state index contributed by atoms with van der Waals surface area (Å²) in [5.74, 6) is -0.837. The monoisotopic (exact) mass is 433 g/mol. The van der Waals surface area contributed by atoms with Gasteiger partial charge in [0.15, 0.2) is 0 Å². The maximum absolute atomic E-state index is 13.4. The molecule has 3 atom stereocenters. The molecular formula is C24H27N5O3. The number of nitrogens with one attached hydrogen (secondary N) is 3. The number of carbonyl (C=O) groups is 3. The van der Waals surface area contributed by atoms with Crippen molar-refractivity contribution < 1.29 is 14.4 Å². The molecular weight excluding hydrogens is 406 g/mol. The second kappa shape index (κ2) is 7.63. The highest BCUT2D eigenvalue weighted by Crippen LogP contribution is 2.53. The molecule has 8 nitrogen and oxygen atoms in total. The minimum atomic E-state index is -1.04. The number of rotatable bonds is 2. The maximum Gasteiger partial charge on any atom is 0.321 e. The van der Waals surface area contributed by atoms with Crippen LogP contribution < -0.4 is 16.0 Å². The van der Waals surface area contributed by atoms with Crippen molar-refractivity contribution in [2.45, 2.75) is 24.9 Å². The minimum absolute atomic E-state index is 0.0910. The second-order valence-corrected chi connectivity index (χ2v) is 8.76. The summed E-state index contributed by atoms with van der Waals surface area (Å²) in [6.45, 7) is 3.45. The Kier molecular flexibility index (Phi) is 4.89. The fraction of sp³-hybridized carbons (Fsp3) is 0.375. The third kappa shape index (κ3) is 2.97. The zero-order valence-corrected chi connectivity index (χ0v) is 18.2. The van der Waals surface area contributed by atoms with Crippen LogP contribution in [-0.2, 0) is 15.1 Å². The van der Waals surface area contributed by atoms with Gasteiger partial charge < -0.3 is 20.9 Å². The van der Waals surface area contributed by atoms with E-state index in [1.54, 1.807) is 11.9 Å². The molecule has 0 saturated carbocycles. The van der Waals surface area contributed by atoms with E-state index >= 15 is 0 Å². The van der Waals surface area contributed by atoms with Gasteiger partial charge in [-0.05, 0) is 31.5 Å². The Bertz CT molecular complexity index is 1090. The van der Waals surface area contributed by atoms with Crippen LogP contribution in [0.25, 0.3) is 0 Å². The predicted octanol–water partition coefficient (Wildman–Crippen LogP) is 2.13. The topological polar surface area (TPSA) is 93.8 Å². The van der Waals surface area contributed by atoms with E-state index in [2.05, 4.69) is 20.9 Å². The highest BCUT2D eigenvalue weighted by Gasteiger charge is 2.65. The highest BCUT2D eigenvalue weighted by molar-refractivity contribution is 6.09. The zero-order valence-electron chi connectivity index (χ0n) is 18.2. The minimum Gasteiger partial charge on any atom is -0.359 e. The number of fused-ring (bicyclic) bond motifs is 4. The number of hydrogen-bond acceptors (Lipinski definition) is 4.